The van der Waals surface area contributed by atoms with Crippen molar-refractivity contribution in [2.24, 2.45) is 0 Å². The van der Waals surface area contributed by atoms with Gasteiger partial charge in [-0.1, -0.05) is 54.1 Å². The molecule has 0 fully saturated rings. The van der Waals surface area contributed by atoms with Crippen LogP contribution < -0.4 is 0 Å². The van der Waals surface area contributed by atoms with Gasteiger partial charge in [0.05, 0.1) is 6.42 Å². The molecule has 1 N–H and O–H groups in total. The zero-order valence-electron chi connectivity index (χ0n) is 11.1. The molecule has 0 saturated carbocycles. The maximum atomic E-state index is 10.4. The molecule has 1 unspecified atom stereocenters. The van der Waals surface area contributed by atoms with Gasteiger partial charge >= 0.3 is 5.97 Å². The molecule has 2 heteroatoms. The van der Waals surface area contributed by atoms with E-state index >= 15 is 0 Å². The number of allylic oxidation sites excluding steroid dienone is 3. The lowest BCUT2D eigenvalue weighted by atomic mass is 9.84. The van der Waals surface area contributed by atoms with E-state index in [1.54, 1.807) is 6.08 Å². The topological polar surface area (TPSA) is 37.3 Å². The minimum absolute atomic E-state index is 0.125. The second-order valence-electron chi connectivity index (χ2n) is 5.02. The monoisotopic (exact) mass is 256 g/mol. The predicted molar refractivity (Wildman–Crippen MR) is 77.1 cm³/mol. The van der Waals surface area contributed by atoms with Crippen LogP contribution in [0.5, 0.6) is 0 Å². The Hall–Kier alpha value is -1.83. The Kier molecular flexibility index (Phi) is 4.96. The molecule has 0 amide bonds. The molecule has 19 heavy (non-hydrogen) atoms. The molecule has 0 aromatic heterocycles. The highest BCUT2D eigenvalue weighted by Crippen LogP contribution is 2.32. The molecule has 1 atom stereocenters. The summed E-state index contributed by atoms with van der Waals surface area (Å²) in [7, 11) is 0. The lowest BCUT2D eigenvalue weighted by Crippen LogP contribution is -2.04. The van der Waals surface area contributed by atoms with Crippen LogP contribution >= 0.6 is 0 Å². The number of rotatable bonds is 5. The quantitative estimate of drug-likeness (QED) is 0.797. The van der Waals surface area contributed by atoms with Gasteiger partial charge in [-0.3, -0.25) is 4.79 Å². The highest BCUT2D eigenvalue weighted by molar-refractivity contribution is 5.68. The lowest BCUT2D eigenvalue weighted by Gasteiger charge is -2.21. The molecule has 0 saturated heterocycles. The first-order chi connectivity index (χ1) is 9.25. The Labute approximate surface area is 114 Å². The fourth-order valence-electron chi connectivity index (χ4n) is 2.52. The highest BCUT2D eigenvalue weighted by atomic mass is 16.4. The number of aliphatic carboxylic acids is 1. The van der Waals surface area contributed by atoms with Crippen LogP contribution in [0.2, 0.25) is 0 Å². The summed E-state index contributed by atoms with van der Waals surface area (Å²) < 4.78 is 0. The van der Waals surface area contributed by atoms with E-state index in [1.165, 1.54) is 17.6 Å². The number of benzene rings is 1. The van der Waals surface area contributed by atoms with Gasteiger partial charge in [0.2, 0.25) is 0 Å². The molecule has 2 nitrogen and oxygen atoms in total. The van der Waals surface area contributed by atoms with E-state index in [4.69, 9.17) is 5.11 Å². The molecule has 0 heterocycles. The van der Waals surface area contributed by atoms with Crippen molar-refractivity contribution in [2.75, 3.05) is 0 Å². The predicted octanol–water partition coefficient (Wildman–Crippen LogP) is 4.30. The smallest absolute Gasteiger partial charge is 0.307 e. The van der Waals surface area contributed by atoms with Gasteiger partial charge in [0.1, 0.15) is 0 Å². The van der Waals surface area contributed by atoms with E-state index in [-0.39, 0.29) is 6.42 Å². The maximum Gasteiger partial charge on any atom is 0.307 e. The van der Waals surface area contributed by atoms with E-state index in [0.29, 0.717) is 5.92 Å². The first-order valence-corrected chi connectivity index (χ1v) is 6.85. The van der Waals surface area contributed by atoms with Crippen LogP contribution in [0.3, 0.4) is 0 Å². The van der Waals surface area contributed by atoms with E-state index in [0.717, 1.165) is 19.3 Å². The van der Waals surface area contributed by atoms with E-state index < -0.39 is 5.97 Å². The summed E-state index contributed by atoms with van der Waals surface area (Å²) in [6.45, 7) is 0. The Morgan fingerprint density at radius 2 is 2.05 bits per heavy atom. The molecule has 2 rings (SSSR count). The van der Waals surface area contributed by atoms with Gasteiger partial charge in [-0.2, -0.15) is 0 Å². The lowest BCUT2D eigenvalue weighted by molar-refractivity contribution is -0.136. The average molecular weight is 256 g/mol. The number of hydrogen-bond acceptors (Lipinski definition) is 1. The van der Waals surface area contributed by atoms with Crippen molar-refractivity contribution in [2.45, 2.75) is 38.0 Å². The van der Waals surface area contributed by atoms with Crippen LogP contribution in [-0.4, -0.2) is 11.1 Å². The van der Waals surface area contributed by atoms with Gasteiger partial charge < -0.3 is 5.11 Å². The Morgan fingerprint density at radius 1 is 1.26 bits per heavy atom. The van der Waals surface area contributed by atoms with Crippen LogP contribution in [0, 0.1) is 0 Å². The fraction of sp³-hybridized carbons (Fsp3) is 0.353. The summed E-state index contributed by atoms with van der Waals surface area (Å²) >= 11 is 0. The van der Waals surface area contributed by atoms with Gasteiger partial charge in [0.15, 0.2) is 0 Å². The molecule has 0 aliphatic heterocycles. The largest absolute Gasteiger partial charge is 0.481 e. The molecule has 100 valence electrons. The van der Waals surface area contributed by atoms with E-state index in [2.05, 4.69) is 36.4 Å². The second-order valence-corrected chi connectivity index (χ2v) is 5.02. The van der Waals surface area contributed by atoms with Crippen LogP contribution in [-0.2, 0) is 4.79 Å². The van der Waals surface area contributed by atoms with Crippen LogP contribution in [0.1, 0.15) is 43.6 Å². The summed E-state index contributed by atoms with van der Waals surface area (Å²) in [5.74, 6) is -0.119. The van der Waals surface area contributed by atoms with Gasteiger partial charge in [-0.05, 0) is 37.2 Å². The van der Waals surface area contributed by atoms with Crippen molar-refractivity contribution in [3.8, 4) is 0 Å². The third kappa shape index (κ3) is 4.40. The molecule has 0 radical (unpaired) electrons. The van der Waals surface area contributed by atoms with E-state index in [1.807, 2.05) is 6.08 Å². The Morgan fingerprint density at radius 3 is 2.68 bits per heavy atom. The molecule has 1 aliphatic carbocycles. The van der Waals surface area contributed by atoms with E-state index in [9.17, 15) is 4.79 Å². The van der Waals surface area contributed by atoms with Crippen molar-refractivity contribution < 1.29 is 9.90 Å². The Bertz CT molecular complexity index is 471. The highest BCUT2D eigenvalue weighted by Gasteiger charge is 2.15. The van der Waals surface area contributed by atoms with Gasteiger partial charge in [-0.25, -0.2) is 0 Å². The van der Waals surface area contributed by atoms with Crippen LogP contribution in [0.15, 0.2) is 54.1 Å². The Balaban J connectivity index is 1.83. The maximum absolute atomic E-state index is 10.4. The van der Waals surface area contributed by atoms with Crippen molar-refractivity contribution >= 4 is 5.97 Å². The molecular formula is C17H20O2. The van der Waals surface area contributed by atoms with Gasteiger partial charge in [0.25, 0.3) is 0 Å². The summed E-state index contributed by atoms with van der Waals surface area (Å²) in [6, 6.07) is 10.7. The van der Waals surface area contributed by atoms with Crippen molar-refractivity contribution in [3.63, 3.8) is 0 Å². The van der Waals surface area contributed by atoms with Crippen molar-refractivity contribution in [1.82, 2.24) is 0 Å². The number of hydrogen-bond donors (Lipinski definition) is 1. The molecule has 1 aromatic carbocycles. The third-order valence-corrected chi connectivity index (χ3v) is 3.62. The molecule has 1 aliphatic rings. The zero-order valence-corrected chi connectivity index (χ0v) is 11.1. The normalized spacial score (nSPS) is 19.4. The molecule has 0 spiro atoms. The first-order valence-electron chi connectivity index (χ1n) is 6.85. The van der Waals surface area contributed by atoms with Gasteiger partial charge in [0, 0.05) is 0 Å². The number of carboxylic acid groups (broad SMARTS) is 1. The molecule has 1 aromatic rings. The van der Waals surface area contributed by atoms with Crippen molar-refractivity contribution in [1.29, 1.82) is 0 Å². The standard InChI is InChI=1S/C17H20O2/c18-17(19)9-5-4-6-14-10-12-16(13-11-14)15-7-2-1-3-8-15/h1-5,7-8,10,16H,6,9,11-13H2,(H,18,19)/b5-4+. The van der Waals surface area contributed by atoms with Crippen LogP contribution in [0.25, 0.3) is 0 Å². The zero-order chi connectivity index (χ0) is 13.5. The number of carboxylic acids is 1. The average Bonchev–Trinajstić information content (AvgIpc) is 2.45. The minimum Gasteiger partial charge on any atom is -0.481 e. The molecular weight excluding hydrogens is 236 g/mol. The number of carbonyl (C=O) groups is 1. The SMILES string of the molecule is O=C(O)C/C=C/CC1=CCC(c2ccccc2)CC1. The summed E-state index contributed by atoms with van der Waals surface area (Å²) in [4.78, 5) is 10.4. The van der Waals surface area contributed by atoms with Gasteiger partial charge in [-0.15, -0.1) is 0 Å². The summed E-state index contributed by atoms with van der Waals surface area (Å²) in [6.07, 6.45) is 10.5. The minimum atomic E-state index is -0.766. The third-order valence-electron chi connectivity index (χ3n) is 3.62. The molecule has 0 bridgehead atoms. The first kappa shape index (κ1) is 13.6. The van der Waals surface area contributed by atoms with Crippen molar-refractivity contribution in [3.05, 3.63) is 59.7 Å². The van der Waals surface area contributed by atoms with Crippen LogP contribution in [0.4, 0.5) is 0 Å². The summed E-state index contributed by atoms with van der Waals surface area (Å²) in [5, 5.41) is 8.55. The summed E-state index contributed by atoms with van der Waals surface area (Å²) in [5.41, 5.74) is 2.87. The second kappa shape index (κ2) is 6.93. The fourth-order valence-corrected chi connectivity index (χ4v) is 2.52.